The number of halogens is 1. The highest BCUT2D eigenvalue weighted by molar-refractivity contribution is 7.19. The van der Waals surface area contributed by atoms with E-state index >= 15 is 0 Å². The van der Waals surface area contributed by atoms with Gasteiger partial charge in [0, 0.05) is 41.6 Å². The van der Waals surface area contributed by atoms with Gasteiger partial charge in [-0.15, -0.1) is 11.3 Å². The Labute approximate surface area is 162 Å². The van der Waals surface area contributed by atoms with Gasteiger partial charge in [0.05, 0.1) is 5.39 Å². The van der Waals surface area contributed by atoms with Crippen molar-refractivity contribution in [2.24, 2.45) is 0 Å². The van der Waals surface area contributed by atoms with E-state index in [1.54, 1.807) is 0 Å². The lowest BCUT2D eigenvalue weighted by Gasteiger charge is -2.29. The molecule has 0 saturated carbocycles. The molecule has 1 saturated heterocycles. The van der Waals surface area contributed by atoms with E-state index in [0.29, 0.717) is 0 Å². The molecule has 1 aliphatic heterocycles. The normalized spacial score (nSPS) is 17.5. The largest absolute Gasteiger partial charge is 0.353 e. The molecule has 0 unspecified atom stereocenters. The van der Waals surface area contributed by atoms with Gasteiger partial charge in [0.25, 0.3) is 0 Å². The molecule has 1 aromatic carbocycles. The third kappa shape index (κ3) is 2.88. The van der Waals surface area contributed by atoms with Crippen molar-refractivity contribution in [2.45, 2.75) is 25.7 Å². The topological polar surface area (TPSA) is 41.1 Å². The highest BCUT2D eigenvalue weighted by Gasteiger charge is 2.24. The zero-order valence-electron chi connectivity index (χ0n) is 14.6. The molecular formula is C20H21ClN4S. The van der Waals surface area contributed by atoms with Gasteiger partial charge >= 0.3 is 0 Å². The molecule has 26 heavy (non-hydrogen) atoms. The van der Waals surface area contributed by atoms with Gasteiger partial charge < -0.3 is 10.2 Å². The first-order valence-electron chi connectivity index (χ1n) is 9.33. The number of aryl methyl sites for hydroxylation is 2. The smallest absolute Gasteiger partial charge is 0.163 e. The maximum Gasteiger partial charge on any atom is 0.163 e. The maximum atomic E-state index is 6.06. The number of fused-ring (bicyclic) bond motifs is 3. The molecule has 0 radical (unpaired) electrons. The molecule has 4 nitrogen and oxygen atoms in total. The Morgan fingerprint density at radius 1 is 1.00 bits per heavy atom. The zero-order chi connectivity index (χ0) is 17.5. The number of rotatable bonds is 2. The van der Waals surface area contributed by atoms with Crippen LogP contribution in [0.3, 0.4) is 0 Å². The second kappa shape index (κ2) is 6.80. The molecule has 1 fully saturated rings. The molecular weight excluding hydrogens is 364 g/mol. The number of hydrogen-bond donors (Lipinski definition) is 1. The lowest BCUT2D eigenvalue weighted by atomic mass is 9.97. The Bertz CT molecular complexity index is 945. The number of thiophene rings is 1. The van der Waals surface area contributed by atoms with Crippen molar-refractivity contribution in [3.05, 3.63) is 39.7 Å². The summed E-state index contributed by atoms with van der Waals surface area (Å²) in [5.74, 6) is 1.93. The van der Waals surface area contributed by atoms with E-state index < -0.39 is 0 Å². The lowest BCUT2D eigenvalue weighted by Crippen LogP contribution is -2.44. The average molecular weight is 385 g/mol. The predicted molar refractivity (Wildman–Crippen MR) is 110 cm³/mol. The van der Waals surface area contributed by atoms with E-state index in [1.165, 1.54) is 35.1 Å². The Kier molecular flexibility index (Phi) is 4.31. The first kappa shape index (κ1) is 16.5. The molecule has 3 heterocycles. The molecule has 2 aromatic heterocycles. The minimum Gasteiger partial charge on any atom is -0.353 e. The van der Waals surface area contributed by atoms with Crippen LogP contribution in [0.15, 0.2) is 24.3 Å². The number of piperazine rings is 1. The molecule has 5 rings (SSSR count). The van der Waals surface area contributed by atoms with Crippen molar-refractivity contribution in [1.82, 2.24) is 15.3 Å². The lowest BCUT2D eigenvalue weighted by molar-refractivity contribution is 0.586. The van der Waals surface area contributed by atoms with Gasteiger partial charge in [-0.05, 0) is 55.5 Å². The standard InChI is InChI=1S/C20H21ClN4S/c21-14-7-5-13(6-8-14)18-23-19(25-11-9-22-10-12-25)17-15-3-1-2-4-16(15)26-20(17)24-18/h5-8,22H,1-4,9-12H2. The molecule has 3 aromatic rings. The first-order valence-corrected chi connectivity index (χ1v) is 10.5. The van der Waals surface area contributed by atoms with Crippen molar-refractivity contribution in [2.75, 3.05) is 31.1 Å². The number of nitrogens with zero attached hydrogens (tertiary/aromatic N) is 3. The number of nitrogens with one attached hydrogen (secondary N) is 1. The molecule has 1 aliphatic carbocycles. The fourth-order valence-corrected chi connectivity index (χ4v) is 5.35. The first-order chi connectivity index (χ1) is 12.8. The van der Waals surface area contributed by atoms with Crippen molar-refractivity contribution in [1.29, 1.82) is 0 Å². The van der Waals surface area contributed by atoms with E-state index in [9.17, 15) is 0 Å². The van der Waals surface area contributed by atoms with Crippen LogP contribution >= 0.6 is 22.9 Å². The van der Waals surface area contributed by atoms with Gasteiger partial charge in [-0.1, -0.05) is 11.6 Å². The molecule has 0 amide bonds. The van der Waals surface area contributed by atoms with Crippen molar-refractivity contribution >= 4 is 39.0 Å². The van der Waals surface area contributed by atoms with Crippen LogP contribution in [0.1, 0.15) is 23.3 Å². The number of aromatic nitrogens is 2. The quantitative estimate of drug-likeness (QED) is 0.715. The van der Waals surface area contributed by atoms with Crippen LogP contribution < -0.4 is 10.2 Å². The summed E-state index contributed by atoms with van der Waals surface area (Å²) in [6, 6.07) is 7.85. The molecule has 0 spiro atoms. The van der Waals surface area contributed by atoms with Crippen molar-refractivity contribution in [3.63, 3.8) is 0 Å². The van der Waals surface area contributed by atoms with Crippen molar-refractivity contribution in [3.8, 4) is 11.4 Å². The minimum absolute atomic E-state index is 0.740. The van der Waals surface area contributed by atoms with Gasteiger partial charge in [-0.3, -0.25) is 0 Å². The van der Waals surface area contributed by atoms with E-state index in [0.717, 1.165) is 59.7 Å². The monoisotopic (exact) mass is 384 g/mol. The Morgan fingerprint density at radius 3 is 2.58 bits per heavy atom. The molecule has 0 bridgehead atoms. The van der Waals surface area contributed by atoms with Crippen LogP contribution in [0.4, 0.5) is 5.82 Å². The van der Waals surface area contributed by atoms with Crippen LogP contribution in [0, 0.1) is 0 Å². The third-order valence-corrected chi connectivity index (χ3v) is 6.75. The summed E-state index contributed by atoms with van der Waals surface area (Å²) in [6.45, 7) is 4.01. The van der Waals surface area contributed by atoms with Gasteiger partial charge in [0.1, 0.15) is 10.6 Å². The minimum atomic E-state index is 0.740. The summed E-state index contributed by atoms with van der Waals surface area (Å²) >= 11 is 7.93. The summed E-state index contributed by atoms with van der Waals surface area (Å²) in [4.78, 5) is 15.1. The molecule has 134 valence electrons. The fraction of sp³-hybridized carbons (Fsp3) is 0.400. The average Bonchev–Trinajstić information content (AvgIpc) is 3.07. The summed E-state index contributed by atoms with van der Waals surface area (Å²) in [7, 11) is 0. The summed E-state index contributed by atoms with van der Waals surface area (Å²) in [6.07, 6.45) is 4.92. The molecule has 0 atom stereocenters. The SMILES string of the molecule is Clc1ccc(-c2nc(N3CCNCC3)c3c4c(sc3n2)CCCC4)cc1. The van der Waals surface area contributed by atoms with Crippen molar-refractivity contribution < 1.29 is 0 Å². The van der Waals surface area contributed by atoms with Crippen LogP contribution in [-0.4, -0.2) is 36.1 Å². The van der Waals surface area contributed by atoms with Crippen LogP contribution in [0.5, 0.6) is 0 Å². The van der Waals surface area contributed by atoms with Gasteiger partial charge in [0.15, 0.2) is 5.82 Å². The fourth-order valence-electron chi connectivity index (χ4n) is 3.97. The number of hydrogen-bond acceptors (Lipinski definition) is 5. The van der Waals surface area contributed by atoms with Crippen LogP contribution in [0.2, 0.25) is 5.02 Å². The van der Waals surface area contributed by atoms with E-state index in [1.807, 2.05) is 35.6 Å². The number of anilines is 1. The maximum absolute atomic E-state index is 6.06. The predicted octanol–water partition coefficient (Wildman–Crippen LogP) is 4.30. The van der Waals surface area contributed by atoms with Gasteiger partial charge in [-0.2, -0.15) is 0 Å². The van der Waals surface area contributed by atoms with E-state index in [4.69, 9.17) is 21.6 Å². The Hall–Kier alpha value is -1.69. The summed E-state index contributed by atoms with van der Waals surface area (Å²) in [5.41, 5.74) is 2.53. The second-order valence-electron chi connectivity index (χ2n) is 7.01. The zero-order valence-corrected chi connectivity index (χ0v) is 16.2. The summed E-state index contributed by atoms with van der Waals surface area (Å²) < 4.78 is 0. The van der Waals surface area contributed by atoms with Crippen LogP contribution in [-0.2, 0) is 12.8 Å². The molecule has 1 N–H and O–H groups in total. The van der Waals surface area contributed by atoms with Crippen LogP contribution in [0.25, 0.3) is 21.6 Å². The second-order valence-corrected chi connectivity index (χ2v) is 8.53. The highest BCUT2D eigenvalue weighted by Crippen LogP contribution is 2.40. The molecule has 6 heteroatoms. The van der Waals surface area contributed by atoms with Gasteiger partial charge in [-0.25, -0.2) is 9.97 Å². The van der Waals surface area contributed by atoms with E-state index in [-0.39, 0.29) is 0 Å². The molecule has 2 aliphatic rings. The van der Waals surface area contributed by atoms with Gasteiger partial charge in [0.2, 0.25) is 0 Å². The Balaban J connectivity index is 1.71. The third-order valence-electron chi connectivity index (χ3n) is 5.31. The summed E-state index contributed by atoms with van der Waals surface area (Å²) in [5, 5.41) is 5.49. The Morgan fingerprint density at radius 2 is 1.77 bits per heavy atom. The number of benzene rings is 1. The highest BCUT2D eigenvalue weighted by atomic mass is 35.5. The van der Waals surface area contributed by atoms with E-state index in [2.05, 4.69) is 10.2 Å².